The van der Waals surface area contributed by atoms with Crippen molar-refractivity contribution in [2.75, 3.05) is 11.3 Å². The first-order chi connectivity index (χ1) is 12.9. The molecule has 1 amide bonds. The Balaban J connectivity index is 2.34. The summed E-state index contributed by atoms with van der Waals surface area (Å²) in [6, 6.07) is 6.40. The second kappa shape index (κ2) is 8.38. The Hall–Kier alpha value is -2.30. The van der Waals surface area contributed by atoms with Crippen LogP contribution in [0.4, 0.5) is 18.9 Å². The third-order valence-electron chi connectivity index (χ3n) is 3.59. The number of carbonyl (C=O) groups excluding carboxylic acids is 1. The van der Waals surface area contributed by atoms with Gasteiger partial charge in [0.05, 0.1) is 27.7 Å². The smallest absolute Gasteiger partial charge is 0.394 e. The van der Waals surface area contributed by atoms with Crippen LogP contribution in [0, 0.1) is 0 Å². The highest BCUT2D eigenvalue weighted by atomic mass is 35.5. The van der Waals surface area contributed by atoms with Gasteiger partial charge in [0.1, 0.15) is 0 Å². The summed E-state index contributed by atoms with van der Waals surface area (Å²) in [6.07, 6.45) is -4.63. The lowest BCUT2D eigenvalue weighted by Gasteiger charge is -2.14. The van der Waals surface area contributed by atoms with Gasteiger partial charge >= 0.3 is 6.18 Å². The second-order valence-corrected chi connectivity index (χ2v) is 7.97. The Bertz CT molecular complexity index is 981. The van der Waals surface area contributed by atoms with Crippen molar-refractivity contribution in [2.45, 2.75) is 24.0 Å². The van der Waals surface area contributed by atoms with Crippen molar-refractivity contribution in [1.29, 1.82) is 0 Å². The number of hydrogen-bond acceptors (Lipinski definition) is 4. The first-order valence-electron chi connectivity index (χ1n) is 7.85. The zero-order valence-electron chi connectivity index (χ0n) is 14.4. The van der Waals surface area contributed by atoms with Crippen molar-refractivity contribution in [2.24, 2.45) is 0 Å². The quantitative estimate of drug-likeness (QED) is 0.647. The monoisotopic (exact) mass is 436 g/mol. The van der Waals surface area contributed by atoms with Gasteiger partial charge in [-0.3, -0.25) is 9.52 Å². The van der Waals surface area contributed by atoms with E-state index >= 15 is 0 Å². The van der Waals surface area contributed by atoms with Crippen LogP contribution in [0.5, 0.6) is 0 Å². The van der Waals surface area contributed by atoms with E-state index in [1.807, 2.05) is 4.72 Å². The predicted molar refractivity (Wildman–Crippen MR) is 97.7 cm³/mol. The SMILES string of the molecule is CC(CO)NC(=O)c1cc(S(=O)(=O)Nc2cccc(C(F)(F)F)c2)ccc1Cl. The Morgan fingerprint density at radius 1 is 1.21 bits per heavy atom. The molecule has 0 aliphatic carbocycles. The number of halogens is 4. The van der Waals surface area contributed by atoms with E-state index in [9.17, 15) is 26.4 Å². The van der Waals surface area contributed by atoms with Crippen LogP contribution in [0.2, 0.25) is 5.02 Å². The lowest BCUT2D eigenvalue weighted by molar-refractivity contribution is -0.137. The maximum absolute atomic E-state index is 12.8. The normalized spacial score (nSPS) is 13.1. The summed E-state index contributed by atoms with van der Waals surface area (Å²) in [4.78, 5) is 11.8. The highest BCUT2D eigenvalue weighted by Crippen LogP contribution is 2.31. The van der Waals surface area contributed by atoms with Gasteiger partial charge in [-0.1, -0.05) is 17.7 Å². The molecule has 2 aromatic carbocycles. The zero-order chi connectivity index (χ0) is 21.1. The van der Waals surface area contributed by atoms with Crippen LogP contribution in [-0.4, -0.2) is 32.1 Å². The predicted octanol–water partition coefficient (Wildman–Crippen LogP) is 3.27. The molecule has 3 N–H and O–H groups in total. The first-order valence-corrected chi connectivity index (χ1v) is 9.71. The van der Waals surface area contributed by atoms with E-state index in [0.29, 0.717) is 6.07 Å². The van der Waals surface area contributed by atoms with Gasteiger partial charge < -0.3 is 10.4 Å². The van der Waals surface area contributed by atoms with E-state index in [0.717, 1.165) is 24.3 Å². The second-order valence-electron chi connectivity index (χ2n) is 5.88. The summed E-state index contributed by atoms with van der Waals surface area (Å²) in [5, 5.41) is 11.4. The number of amides is 1. The van der Waals surface area contributed by atoms with Crippen LogP contribution in [-0.2, 0) is 16.2 Å². The molecule has 11 heteroatoms. The number of carbonyl (C=O) groups is 1. The molecule has 0 aromatic heterocycles. The molecular weight excluding hydrogens is 421 g/mol. The van der Waals surface area contributed by atoms with Crippen molar-refractivity contribution in [3.8, 4) is 0 Å². The molecule has 0 fully saturated rings. The van der Waals surface area contributed by atoms with E-state index in [1.165, 1.54) is 19.1 Å². The molecule has 28 heavy (non-hydrogen) atoms. The molecular formula is C17H16ClF3N2O4S. The fourth-order valence-electron chi connectivity index (χ4n) is 2.17. The van der Waals surface area contributed by atoms with Gasteiger partial charge in [0.15, 0.2) is 0 Å². The Morgan fingerprint density at radius 2 is 1.89 bits per heavy atom. The van der Waals surface area contributed by atoms with Gasteiger partial charge in [0.2, 0.25) is 0 Å². The van der Waals surface area contributed by atoms with Crippen molar-refractivity contribution in [3.05, 3.63) is 58.6 Å². The molecule has 0 saturated heterocycles. The third kappa shape index (κ3) is 5.37. The van der Waals surface area contributed by atoms with Crippen LogP contribution in [0.25, 0.3) is 0 Å². The largest absolute Gasteiger partial charge is 0.416 e. The van der Waals surface area contributed by atoms with Crippen LogP contribution in [0.1, 0.15) is 22.8 Å². The van der Waals surface area contributed by atoms with Crippen molar-refractivity contribution < 1.29 is 31.5 Å². The highest BCUT2D eigenvalue weighted by molar-refractivity contribution is 7.92. The molecule has 0 heterocycles. The minimum absolute atomic E-state index is 0.0272. The summed E-state index contributed by atoms with van der Waals surface area (Å²) in [6.45, 7) is 1.19. The average Bonchev–Trinajstić information content (AvgIpc) is 2.60. The van der Waals surface area contributed by atoms with Crippen LogP contribution >= 0.6 is 11.6 Å². The summed E-state index contributed by atoms with van der Waals surface area (Å²) < 4.78 is 65.4. The van der Waals surface area contributed by atoms with Crippen molar-refractivity contribution >= 4 is 33.2 Å². The Kier molecular flexibility index (Phi) is 6.58. The van der Waals surface area contributed by atoms with E-state index in [4.69, 9.17) is 16.7 Å². The summed E-state index contributed by atoms with van der Waals surface area (Å²) in [5.41, 5.74) is -1.46. The van der Waals surface area contributed by atoms with E-state index in [-0.39, 0.29) is 27.8 Å². The molecule has 0 bridgehead atoms. The number of anilines is 1. The molecule has 2 rings (SSSR count). The maximum atomic E-state index is 12.8. The minimum Gasteiger partial charge on any atom is -0.394 e. The minimum atomic E-state index is -4.63. The fraction of sp³-hybridized carbons (Fsp3) is 0.235. The molecule has 152 valence electrons. The number of sulfonamides is 1. The Labute approximate surface area is 164 Å². The molecule has 0 radical (unpaired) electrons. The van der Waals surface area contributed by atoms with Crippen molar-refractivity contribution in [1.82, 2.24) is 5.32 Å². The average molecular weight is 437 g/mol. The molecule has 0 aliphatic rings. The van der Waals surface area contributed by atoms with Gasteiger partial charge in [-0.15, -0.1) is 0 Å². The van der Waals surface area contributed by atoms with Gasteiger partial charge in [-0.25, -0.2) is 8.42 Å². The number of nitrogens with one attached hydrogen (secondary N) is 2. The molecule has 2 aromatic rings. The van der Waals surface area contributed by atoms with E-state index < -0.39 is 33.7 Å². The number of aliphatic hydroxyl groups is 1. The topological polar surface area (TPSA) is 95.5 Å². The number of aliphatic hydroxyl groups excluding tert-OH is 1. The fourth-order valence-corrected chi connectivity index (χ4v) is 3.44. The number of benzene rings is 2. The molecule has 6 nitrogen and oxygen atoms in total. The first kappa shape index (κ1) is 22.0. The highest BCUT2D eigenvalue weighted by Gasteiger charge is 2.31. The summed E-state index contributed by atoms with van der Waals surface area (Å²) in [5.74, 6) is -0.706. The third-order valence-corrected chi connectivity index (χ3v) is 5.29. The standard InChI is InChI=1S/C17H16ClF3N2O4S/c1-10(9-24)22-16(25)14-8-13(5-6-15(14)18)28(26,27)23-12-4-2-3-11(7-12)17(19,20)21/h2-8,10,23-24H,9H2,1H3,(H,22,25). The van der Waals surface area contributed by atoms with Crippen LogP contribution in [0.3, 0.4) is 0 Å². The molecule has 0 aliphatic heterocycles. The maximum Gasteiger partial charge on any atom is 0.416 e. The lowest BCUT2D eigenvalue weighted by Crippen LogP contribution is -2.35. The van der Waals surface area contributed by atoms with E-state index in [2.05, 4.69) is 5.32 Å². The molecule has 0 spiro atoms. The Morgan fingerprint density at radius 3 is 2.50 bits per heavy atom. The molecule has 1 atom stereocenters. The number of alkyl halides is 3. The van der Waals surface area contributed by atoms with Gasteiger partial charge in [0, 0.05) is 11.7 Å². The van der Waals surface area contributed by atoms with Crippen LogP contribution < -0.4 is 10.0 Å². The zero-order valence-corrected chi connectivity index (χ0v) is 16.0. The van der Waals surface area contributed by atoms with Gasteiger partial charge in [-0.2, -0.15) is 13.2 Å². The van der Waals surface area contributed by atoms with Gasteiger partial charge in [-0.05, 0) is 43.3 Å². The number of rotatable bonds is 6. The molecule has 1 unspecified atom stereocenters. The summed E-state index contributed by atoms with van der Waals surface area (Å²) in [7, 11) is -4.29. The number of hydrogen-bond donors (Lipinski definition) is 3. The van der Waals surface area contributed by atoms with E-state index in [1.54, 1.807) is 0 Å². The molecule has 0 saturated carbocycles. The lowest BCUT2D eigenvalue weighted by atomic mass is 10.2. The van der Waals surface area contributed by atoms with Crippen LogP contribution in [0.15, 0.2) is 47.4 Å². The van der Waals surface area contributed by atoms with Gasteiger partial charge in [0.25, 0.3) is 15.9 Å². The summed E-state index contributed by atoms with van der Waals surface area (Å²) >= 11 is 5.94. The van der Waals surface area contributed by atoms with Crippen molar-refractivity contribution in [3.63, 3.8) is 0 Å².